The Hall–Kier alpha value is -0.820. The van der Waals surface area contributed by atoms with Gasteiger partial charge in [0.2, 0.25) is 0 Å². The minimum atomic E-state index is -0.443. The Morgan fingerprint density at radius 1 is 0.875 bits per heavy atom. The molecule has 1 N–H and O–H groups in total. The molecule has 1 aromatic carbocycles. The highest BCUT2D eigenvalue weighted by Crippen LogP contribution is 2.29. The van der Waals surface area contributed by atoms with Crippen LogP contribution in [0.2, 0.25) is 0 Å². The van der Waals surface area contributed by atoms with Gasteiger partial charge in [0.05, 0.1) is 5.60 Å². The number of hydrogen-bond acceptors (Lipinski definition) is 1. The lowest BCUT2D eigenvalue weighted by molar-refractivity contribution is 0.0144. The lowest BCUT2D eigenvalue weighted by atomic mass is 9.82. The summed E-state index contributed by atoms with van der Waals surface area (Å²) in [6.07, 6.45) is 9.07. The minimum Gasteiger partial charge on any atom is -0.390 e. The second kappa shape index (κ2) is 5.49. The van der Waals surface area contributed by atoms with Crippen molar-refractivity contribution in [3.05, 3.63) is 35.9 Å². The van der Waals surface area contributed by atoms with Gasteiger partial charge >= 0.3 is 0 Å². The zero-order valence-electron chi connectivity index (χ0n) is 9.99. The van der Waals surface area contributed by atoms with E-state index in [4.69, 9.17) is 0 Å². The summed E-state index contributed by atoms with van der Waals surface area (Å²) in [7, 11) is 0. The summed E-state index contributed by atoms with van der Waals surface area (Å²) in [4.78, 5) is 0. The third-order valence-corrected chi connectivity index (χ3v) is 3.66. The van der Waals surface area contributed by atoms with Crippen LogP contribution in [-0.2, 0) is 6.42 Å². The molecule has 1 fully saturated rings. The lowest BCUT2D eigenvalue weighted by Crippen LogP contribution is -2.32. The zero-order valence-corrected chi connectivity index (χ0v) is 9.99. The molecular formula is C15H22O. The molecule has 16 heavy (non-hydrogen) atoms. The second-order valence-electron chi connectivity index (χ2n) is 5.15. The Balaban J connectivity index is 1.99. The standard InChI is InChI=1S/C15H22O/c16-15(11-7-2-1-3-8-12-15)13-14-9-5-4-6-10-14/h4-6,9-10,16H,1-3,7-8,11-13H2. The molecule has 0 aliphatic heterocycles. The Morgan fingerprint density at radius 2 is 1.44 bits per heavy atom. The highest BCUT2D eigenvalue weighted by molar-refractivity contribution is 5.17. The van der Waals surface area contributed by atoms with Crippen molar-refractivity contribution in [1.29, 1.82) is 0 Å². The van der Waals surface area contributed by atoms with Crippen LogP contribution in [0.3, 0.4) is 0 Å². The predicted molar refractivity (Wildman–Crippen MR) is 67.4 cm³/mol. The van der Waals surface area contributed by atoms with E-state index in [1.54, 1.807) is 0 Å². The molecule has 0 heterocycles. The highest BCUT2D eigenvalue weighted by atomic mass is 16.3. The molecule has 1 aliphatic rings. The van der Waals surface area contributed by atoms with E-state index in [9.17, 15) is 5.11 Å². The van der Waals surface area contributed by atoms with Crippen molar-refractivity contribution in [2.24, 2.45) is 0 Å². The van der Waals surface area contributed by atoms with Crippen LogP contribution in [0, 0.1) is 0 Å². The van der Waals surface area contributed by atoms with E-state index >= 15 is 0 Å². The SMILES string of the molecule is OC1(Cc2ccccc2)CCCCCCC1. The average molecular weight is 218 g/mol. The van der Waals surface area contributed by atoms with Crippen molar-refractivity contribution in [1.82, 2.24) is 0 Å². The molecule has 0 bridgehead atoms. The predicted octanol–water partition coefficient (Wildman–Crippen LogP) is 3.70. The molecule has 0 aromatic heterocycles. The molecule has 0 unspecified atom stereocenters. The van der Waals surface area contributed by atoms with Gasteiger partial charge in [0, 0.05) is 6.42 Å². The monoisotopic (exact) mass is 218 g/mol. The van der Waals surface area contributed by atoms with E-state index < -0.39 is 5.60 Å². The van der Waals surface area contributed by atoms with Crippen molar-refractivity contribution < 1.29 is 5.11 Å². The maximum absolute atomic E-state index is 10.6. The first-order chi connectivity index (χ1) is 7.79. The third kappa shape index (κ3) is 3.34. The summed E-state index contributed by atoms with van der Waals surface area (Å²) < 4.78 is 0. The van der Waals surface area contributed by atoms with E-state index in [1.807, 2.05) is 6.07 Å². The molecule has 0 saturated heterocycles. The van der Waals surface area contributed by atoms with Gasteiger partial charge in [-0.25, -0.2) is 0 Å². The van der Waals surface area contributed by atoms with Crippen molar-refractivity contribution in [2.45, 2.75) is 57.0 Å². The maximum Gasteiger partial charge on any atom is 0.0688 e. The number of benzene rings is 1. The number of hydrogen-bond donors (Lipinski definition) is 1. The quantitative estimate of drug-likeness (QED) is 0.802. The Bertz CT molecular complexity index is 296. The van der Waals surface area contributed by atoms with Gasteiger partial charge in [-0.05, 0) is 18.4 Å². The minimum absolute atomic E-state index is 0.443. The van der Waals surface area contributed by atoms with Crippen molar-refractivity contribution in [3.63, 3.8) is 0 Å². The van der Waals surface area contributed by atoms with Crippen LogP contribution in [0.15, 0.2) is 30.3 Å². The van der Waals surface area contributed by atoms with Gasteiger partial charge in [-0.15, -0.1) is 0 Å². The summed E-state index contributed by atoms with van der Waals surface area (Å²) in [5, 5.41) is 10.6. The van der Waals surface area contributed by atoms with Gasteiger partial charge in [0.25, 0.3) is 0 Å². The van der Waals surface area contributed by atoms with Gasteiger partial charge < -0.3 is 5.11 Å². The van der Waals surface area contributed by atoms with Crippen LogP contribution in [-0.4, -0.2) is 10.7 Å². The van der Waals surface area contributed by atoms with Crippen molar-refractivity contribution in [2.75, 3.05) is 0 Å². The fourth-order valence-corrected chi connectivity index (χ4v) is 2.72. The van der Waals surface area contributed by atoms with Crippen LogP contribution < -0.4 is 0 Å². The van der Waals surface area contributed by atoms with Gasteiger partial charge in [0.15, 0.2) is 0 Å². The number of rotatable bonds is 2. The molecule has 0 spiro atoms. The summed E-state index contributed by atoms with van der Waals surface area (Å²) in [6.45, 7) is 0. The summed E-state index contributed by atoms with van der Waals surface area (Å²) in [5.74, 6) is 0. The van der Waals surface area contributed by atoms with E-state index in [2.05, 4.69) is 24.3 Å². The summed E-state index contributed by atoms with van der Waals surface area (Å²) >= 11 is 0. The van der Waals surface area contributed by atoms with Crippen LogP contribution >= 0.6 is 0 Å². The van der Waals surface area contributed by atoms with Crippen molar-refractivity contribution >= 4 is 0 Å². The largest absolute Gasteiger partial charge is 0.390 e. The van der Waals surface area contributed by atoms with Crippen LogP contribution in [0.1, 0.15) is 50.5 Å². The fraction of sp³-hybridized carbons (Fsp3) is 0.600. The normalized spacial score (nSPS) is 21.1. The average Bonchev–Trinajstić information content (AvgIpc) is 2.26. The first-order valence-corrected chi connectivity index (χ1v) is 6.55. The molecule has 0 radical (unpaired) electrons. The molecule has 1 aliphatic carbocycles. The van der Waals surface area contributed by atoms with E-state index in [-0.39, 0.29) is 0 Å². The van der Waals surface area contributed by atoms with Gasteiger partial charge in [-0.2, -0.15) is 0 Å². The molecule has 1 saturated carbocycles. The van der Waals surface area contributed by atoms with E-state index in [1.165, 1.54) is 37.7 Å². The Kier molecular flexibility index (Phi) is 4.00. The summed E-state index contributed by atoms with van der Waals surface area (Å²) in [5.41, 5.74) is 0.826. The van der Waals surface area contributed by atoms with Gasteiger partial charge in [0.1, 0.15) is 0 Å². The molecular weight excluding hydrogens is 196 g/mol. The first-order valence-electron chi connectivity index (χ1n) is 6.55. The maximum atomic E-state index is 10.6. The second-order valence-corrected chi connectivity index (χ2v) is 5.15. The molecule has 2 rings (SSSR count). The van der Waals surface area contributed by atoms with Crippen molar-refractivity contribution in [3.8, 4) is 0 Å². The fourth-order valence-electron chi connectivity index (χ4n) is 2.72. The smallest absolute Gasteiger partial charge is 0.0688 e. The van der Waals surface area contributed by atoms with E-state index in [0.717, 1.165) is 19.3 Å². The number of aliphatic hydroxyl groups is 1. The van der Waals surface area contributed by atoms with E-state index in [0.29, 0.717) is 0 Å². The zero-order chi connectivity index (χ0) is 11.3. The lowest BCUT2D eigenvalue weighted by Gasteiger charge is -2.30. The summed E-state index contributed by atoms with van der Waals surface area (Å²) in [6, 6.07) is 10.4. The molecule has 0 amide bonds. The Labute approximate surface area is 98.5 Å². The van der Waals surface area contributed by atoms with Crippen LogP contribution in [0.4, 0.5) is 0 Å². The van der Waals surface area contributed by atoms with Gasteiger partial charge in [-0.1, -0.05) is 62.4 Å². The van der Waals surface area contributed by atoms with Crippen LogP contribution in [0.25, 0.3) is 0 Å². The molecule has 1 heteroatoms. The van der Waals surface area contributed by atoms with Gasteiger partial charge in [-0.3, -0.25) is 0 Å². The molecule has 1 aromatic rings. The molecule has 0 atom stereocenters. The molecule has 1 nitrogen and oxygen atoms in total. The first kappa shape index (κ1) is 11.7. The van der Waals surface area contributed by atoms with Crippen LogP contribution in [0.5, 0.6) is 0 Å². The Morgan fingerprint density at radius 3 is 2.06 bits per heavy atom. The molecule has 88 valence electrons. The topological polar surface area (TPSA) is 20.2 Å². The highest BCUT2D eigenvalue weighted by Gasteiger charge is 2.27. The third-order valence-electron chi connectivity index (χ3n) is 3.66.